The zero-order chi connectivity index (χ0) is 27.9. The lowest BCUT2D eigenvalue weighted by Gasteiger charge is -2.49. The number of nitrogens with one attached hydrogen (secondary N) is 1. The Morgan fingerprint density at radius 2 is 1.58 bits per heavy atom. The minimum Gasteiger partial charge on any atom is -0.396 e. The van der Waals surface area contributed by atoms with Crippen molar-refractivity contribution in [2.75, 3.05) is 6.61 Å². The molecule has 1 aliphatic heterocycles. The molecule has 0 spiro atoms. The summed E-state index contributed by atoms with van der Waals surface area (Å²) in [6.45, 7) is 7.11. The fourth-order valence-corrected chi connectivity index (χ4v) is 11.8. The van der Waals surface area contributed by atoms with Gasteiger partial charge in [0.1, 0.15) is 17.8 Å². The molecule has 10 heteroatoms. The molecule has 5 atom stereocenters. The first kappa shape index (κ1) is 28.2. The second-order valence-electron chi connectivity index (χ2n) is 11.1. The molecule has 9 nitrogen and oxygen atoms in total. The predicted octanol–water partition coefficient (Wildman–Crippen LogP) is 0.180. The molecule has 38 heavy (non-hydrogen) atoms. The lowest BCUT2D eigenvalue weighted by Crippen LogP contribution is -2.75. The van der Waals surface area contributed by atoms with Crippen molar-refractivity contribution in [3.63, 3.8) is 0 Å². The van der Waals surface area contributed by atoms with Crippen LogP contribution in [-0.4, -0.2) is 68.2 Å². The standard InChI is InChI=1S/C28H36N2O7Si/c1-18-17-30(26(35)29-23(18)33)25-28(36,15-16-31)22(32)21(37-25)24(34)38(27(2,3)4,19-11-7-5-8-12-19)20-13-9-6-10-14-20/h5-14,17,21-22,24-25,31-32,34,36H,15-16H2,1-4H3,(H,29,33,35)/t21-,22+,24?,25+,28+/m0/s1. The van der Waals surface area contributed by atoms with E-state index in [9.17, 15) is 30.0 Å². The van der Waals surface area contributed by atoms with Crippen molar-refractivity contribution in [2.24, 2.45) is 0 Å². The zero-order valence-corrected chi connectivity index (χ0v) is 23.0. The van der Waals surface area contributed by atoms with Crippen molar-refractivity contribution in [3.05, 3.63) is 93.3 Å². The predicted molar refractivity (Wildman–Crippen MR) is 146 cm³/mol. The van der Waals surface area contributed by atoms with Gasteiger partial charge in [-0.2, -0.15) is 0 Å². The van der Waals surface area contributed by atoms with E-state index in [0.29, 0.717) is 0 Å². The molecule has 1 fully saturated rings. The van der Waals surface area contributed by atoms with E-state index in [1.807, 2.05) is 81.4 Å². The third-order valence-electron chi connectivity index (χ3n) is 7.84. The molecule has 1 unspecified atom stereocenters. The highest BCUT2D eigenvalue weighted by Crippen LogP contribution is 2.46. The molecule has 4 rings (SSSR count). The van der Waals surface area contributed by atoms with E-state index in [2.05, 4.69) is 4.98 Å². The van der Waals surface area contributed by atoms with Crippen LogP contribution in [0.4, 0.5) is 0 Å². The first-order chi connectivity index (χ1) is 17.9. The number of hydrogen-bond donors (Lipinski definition) is 5. The summed E-state index contributed by atoms with van der Waals surface area (Å²) in [7, 11) is -3.26. The zero-order valence-electron chi connectivity index (χ0n) is 22.0. The number of hydrogen-bond acceptors (Lipinski definition) is 7. The number of aromatic amines is 1. The lowest BCUT2D eigenvalue weighted by molar-refractivity contribution is -0.121. The van der Waals surface area contributed by atoms with Crippen LogP contribution in [0.1, 0.15) is 39.0 Å². The molecule has 1 saturated heterocycles. The minimum absolute atomic E-state index is 0.199. The number of nitrogens with zero attached hydrogens (tertiary/aromatic N) is 1. The van der Waals surface area contributed by atoms with Gasteiger partial charge in [-0.1, -0.05) is 91.8 Å². The van der Waals surface area contributed by atoms with Crippen molar-refractivity contribution in [1.29, 1.82) is 0 Å². The normalized spacial score (nSPS) is 24.9. The van der Waals surface area contributed by atoms with Crippen LogP contribution in [0.2, 0.25) is 5.04 Å². The van der Waals surface area contributed by atoms with Gasteiger partial charge in [-0.25, -0.2) is 4.79 Å². The maximum atomic E-state index is 12.8. The van der Waals surface area contributed by atoms with Crippen LogP contribution >= 0.6 is 0 Å². The fourth-order valence-electron chi connectivity index (χ4n) is 6.00. The van der Waals surface area contributed by atoms with Crippen LogP contribution in [0.3, 0.4) is 0 Å². The molecular weight excluding hydrogens is 504 g/mol. The average Bonchev–Trinajstić information content (AvgIpc) is 3.12. The maximum absolute atomic E-state index is 12.8. The number of aliphatic hydroxyl groups is 4. The highest BCUT2D eigenvalue weighted by Gasteiger charge is 2.64. The van der Waals surface area contributed by atoms with Crippen LogP contribution < -0.4 is 21.6 Å². The summed E-state index contributed by atoms with van der Waals surface area (Å²) in [5.74, 6) is 0. The van der Waals surface area contributed by atoms with E-state index in [0.717, 1.165) is 14.9 Å². The van der Waals surface area contributed by atoms with Crippen LogP contribution in [0.5, 0.6) is 0 Å². The molecule has 1 aromatic heterocycles. The first-order valence-electron chi connectivity index (χ1n) is 12.7. The number of aryl methyl sites for hydroxylation is 1. The molecule has 1 aliphatic rings. The number of benzene rings is 2. The van der Waals surface area contributed by atoms with E-state index >= 15 is 0 Å². The van der Waals surface area contributed by atoms with E-state index in [-0.39, 0.29) is 12.0 Å². The molecule has 0 aliphatic carbocycles. The van der Waals surface area contributed by atoms with E-state index < -0.39 is 60.7 Å². The Bertz CT molecular complexity index is 1330. The van der Waals surface area contributed by atoms with E-state index in [1.54, 1.807) is 0 Å². The SMILES string of the molecule is Cc1cn([C@@H]2O[C@H](C(O)[Si](c3ccccc3)(c3ccccc3)C(C)(C)C)[C@@H](O)[C@]2(O)CCO)c(=O)[nH]c1=O. The van der Waals surface area contributed by atoms with Gasteiger partial charge in [0.2, 0.25) is 0 Å². The summed E-state index contributed by atoms with van der Waals surface area (Å²) < 4.78 is 7.23. The highest BCUT2D eigenvalue weighted by molar-refractivity contribution is 7.05. The summed E-state index contributed by atoms with van der Waals surface area (Å²) >= 11 is 0. The summed E-state index contributed by atoms with van der Waals surface area (Å²) in [4.78, 5) is 27.0. The van der Waals surface area contributed by atoms with Crippen molar-refractivity contribution in [2.45, 2.75) is 68.9 Å². The summed E-state index contributed by atoms with van der Waals surface area (Å²) in [5.41, 5.74) is -4.63. The summed E-state index contributed by atoms with van der Waals surface area (Å²) in [6.07, 6.45) is -3.52. The van der Waals surface area contributed by atoms with Crippen molar-refractivity contribution < 1.29 is 25.2 Å². The number of rotatable bonds is 7. The van der Waals surface area contributed by atoms with Gasteiger partial charge < -0.3 is 25.2 Å². The Labute approximate surface area is 222 Å². The third kappa shape index (κ3) is 4.41. The molecule has 2 heterocycles. The second kappa shape index (κ2) is 10.4. The topological polar surface area (TPSA) is 145 Å². The quantitative estimate of drug-likeness (QED) is 0.269. The average molecular weight is 541 g/mol. The molecule has 0 amide bonds. The number of H-pyrrole nitrogens is 1. The monoisotopic (exact) mass is 540 g/mol. The second-order valence-corrected chi connectivity index (χ2v) is 15.9. The van der Waals surface area contributed by atoms with Gasteiger partial charge in [-0.05, 0) is 12.0 Å². The van der Waals surface area contributed by atoms with Gasteiger partial charge in [0.05, 0.1) is 5.73 Å². The van der Waals surface area contributed by atoms with Crippen LogP contribution in [0, 0.1) is 6.92 Å². The Morgan fingerprint density at radius 3 is 2.05 bits per heavy atom. The molecule has 3 aromatic rings. The number of aromatic nitrogens is 2. The molecule has 0 radical (unpaired) electrons. The number of aliphatic hydroxyl groups excluding tert-OH is 3. The van der Waals surface area contributed by atoms with Crippen LogP contribution in [-0.2, 0) is 4.74 Å². The summed E-state index contributed by atoms with van der Waals surface area (Å²) in [5, 5.41) is 46.7. The molecular formula is C28H36N2O7Si. The largest absolute Gasteiger partial charge is 0.396 e. The molecule has 2 aromatic carbocycles. The lowest BCUT2D eigenvalue weighted by atomic mass is 9.90. The Kier molecular flexibility index (Phi) is 7.68. The Morgan fingerprint density at radius 1 is 1.05 bits per heavy atom. The minimum atomic E-state index is -3.26. The molecule has 0 saturated carbocycles. The van der Waals surface area contributed by atoms with Crippen molar-refractivity contribution >= 4 is 18.4 Å². The van der Waals surface area contributed by atoms with Crippen LogP contribution in [0.25, 0.3) is 0 Å². The maximum Gasteiger partial charge on any atom is 0.330 e. The van der Waals surface area contributed by atoms with Crippen molar-refractivity contribution in [1.82, 2.24) is 9.55 Å². The first-order valence-corrected chi connectivity index (χ1v) is 14.7. The van der Waals surface area contributed by atoms with Gasteiger partial charge in [0.15, 0.2) is 14.3 Å². The van der Waals surface area contributed by atoms with Gasteiger partial charge in [-0.15, -0.1) is 0 Å². The Hall–Kier alpha value is -2.86. The fraction of sp³-hybridized carbons (Fsp3) is 0.429. The van der Waals surface area contributed by atoms with E-state index in [1.165, 1.54) is 13.1 Å². The molecule has 204 valence electrons. The molecule has 0 bridgehead atoms. The third-order valence-corrected chi connectivity index (χ3v) is 13.9. The van der Waals surface area contributed by atoms with Gasteiger partial charge in [-0.3, -0.25) is 14.3 Å². The van der Waals surface area contributed by atoms with Gasteiger partial charge in [0, 0.05) is 24.8 Å². The van der Waals surface area contributed by atoms with Crippen LogP contribution in [0.15, 0.2) is 76.4 Å². The highest BCUT2D eigenvalue weighted by atomic mass is 28.3. The summed E-state index contributed by atoms with van der Waals surface area (Å²) in [6, 6.07) is 19.2. The molecule has 5 N–H and O–H groups in total. The van der Waals surface area contributed by atoms with Gasteiger partial charge in [0.25, 0.3) is 5.56 Å². The van der Waals surface area contributed by atoms with Crippen molar-refractivity contribution in [3.8, 4) is 0 Å². The van der Waals surface area contributed by atoms with E-state index in [4.69, 9.17) is 4.74 Å². The van der Waals surface area contributed by atoms with Gasteiger partial charge >= 0.3 is 5.69 Å². The Balaban J connectivity index is 1.94. The smallest absolute Gasteiger partial charge is 0.330 e. The number of ether oxygens (including phenoxy) is 1.